The fraction of sp³-hybridized carbons (Fsp3) is 0.200. The molecule has 1 aliphatic rings. The van der Waals surface area contributed by atoms with Crippen molar-refractivity contribution in [2.75, 3.05) is 0 Å². The minimum absolute atomic E-state index is 0.0777. The van der Waals surface area contributed by atoms with Crippen LogP contribution >= 0.6 is 23.2 Å². The summed E-state index contributed by atoms with van der Waals surface area (Å²) in [6, 6.07) is 16.6. The van der Waals surface area contributed by atoms with Crippen molar-refractivity contribution in [2.45, 2.75) is 17.7 Å². The summed E-state index contributed by atoms with van der Waals surface area (Å²) in [6.07, 6.45) is 0.960. The first-order valence-corrected chi connectivity index (χ1v) is 6.55. The van der Waals surface area contributed by atoms with Gasteiger partial charge in [0, 0.05) is 10.9 Å². The van der Waals surface area contributed by atoms with Crippen molar-refractivity contribution < 1.29 is 0 Å². The average Bonchev–Trinajstić information content (AvgIpc) is 2.68. The molecule has 0 spiro atoms. The number of hydrogen-bond donors (Lipinski definition) is 0. The summed E-state index contributed by atoms with van der Waals surface area (Å²) in [4.78, 5) is 0. The lowest BCUT2D eigenvalue weighted by Gasteiger charge is -2.11. The standard InChI is InChI=1S/C15H12Cl2/c16-11-6-7-12-13(9-15(17)14(12)8-11)10-4-2-1-3-5-10/h1-8,13,15H,9H2/t13?,15-/m0/s1. The van der Waals surface area contributed by atoms with Gasteiger partial charge in [-0.25, -0.2) is 0 Å². The van der Waals surface area contributed by atoms with Crippen LogP contribution in [0.15, 0.2) is 48.5 Å². The molecule has 0 aromatic heterocycles. The number of halogens is 2. The van der Waals surface area contributed by atoms with Gasteiger partial charge in [-0.15, -0.1) is 11.6 Å². The minimum atomic E-state index is 0.0777. The second-order valence-electron chi connectivity index (χ2n) is 4.44. The summed E-state index contributed by atoms with van der Waals surface area (Å²) >= 11 is 12.4. The quantitative estimate of drug-likeness (QED) is 0.624. The molecule has 0 heterocycles. The van der Waals surface area contributed by atoms with Crippen molar-refractivity contribution in [3.63, 3.8) is 0 Å². The van der Waals surface area contributed by atoms with E-state index < -0.39 is 0 Å². The Labute approximate surface area is 111 Å². The number of hydrogen-bond acceptors (Lipinski definition) is 0. The fourth-order valence-electron chi connectivity index (χ4n) is 2.60. The molecule has 0 amide bonds. The van der Waals surface area contributed by atoms with Gasteiger partial charge >= 0.3 is 0 Å². The van der Waals surface area contributed by atoms with Gasteiger partial charge in [-0.1, -0.05) is 48.0 Å². The SMILES string of the molecule is Clc1ccc2c(c1)[C@@H](Cl)CC2c1ccccc1. The second-order valence-corrected chi connectivity index (χ2v) is 5.40. The van der Waals surface area contributed by atoms with Crippen molar-refractivity contribution in [2.24, 2.45) is 0 Å². The maximum absolute atomic E-state index is 6.40. The van der Waals surface area contributed by atoms with Crippen molar-refractivity contribution in [1.82, 2.24) is 0 Å². The van der Waals surface area contributed by atoms with Gasteiger partial charge in [0.05, 0.1) is 5.38 Å². The van der Waals surface area contributed by atoms with Crippen LogP contribution in [0.1, 0.15) is 34.4 Å². The van der Waals surface area contributed by atoms with Gasteiger partial charge in [-0.2, -0.15) is 0 Å². The summed E-state index contributed by atoms with van der Waals surface area (Å²) in [6.45, 7) is 0. The van der Waals surface area contributed by atoms with Crippen LogP contribution in [-0.4, -0.2) is 0 Å². The van der Waals surface area contributed by atoms with E-state index in [0.717, 1.165) is 11.4 Å². The summed E-state index contributed by atoms with van der Waals surface area (Å²) in [5.41, 5.74) is 3.84. The third-order valence-corrected chi connectivity index (χ3v) is 4.05. The molecule has 0 saturated carbocycles. The van der Waals surface area contributed by atoms with Crippen LogP contribution in [0.2, 0.25) is 5.02 Å². The minimum Gasteiger partial charge on any atom is -0.118 e. The molecular weight excluding hydrogens is 251 g/mol. The van der Waals surface area contributed by atoms with Gasteiger partial charge in [-0.05, 0) is 35.2 Å². The summed E-state index contributed by atoms with van der Waals surface area (Å²) in [7, 11) is 0. The van der Waals surface area contributed by atoms with Gasteiger partial charge in [-0.3, -0.25) is 0 Å². The van der Waals surface area contributed by atoms with Crippen molar-refractivity contribution in [1.29, 1.82) is 0 Å². The Morgan fingerprint density at radius 2 is 1.71 bits per heavy atom. The van der Waals surface area contributed by atoms with Gasteiger partial charge in [0.1, 0.15) is 0 Å². The van der Waals surface area contributed by atoms with Crippen molar-refractivity contribution in [3.05, 3.63) is 70.2 Å². The highest BCUT2D eigenvalue weighted by Crippen LogP contribution is 2.47. The first-order chi connectivity index (χ1) is 8.25. The van der Waals surface area contributed by atoms with Crippen LogP contribution in [0.5, 0.6) is 0 Å². The van der Waals surface area contributed by atoms with E-state index in [1.54, 1.807) is 0 Å². The highest BCUT2D eigenvalue weighted by atomic mass is 35.5. The van der Waals surface area contributed by atoms with Gasteiger partial charge in [0.25, 0.3) is 0 Å². The van der Waals surface area contributed by atoms with Crippen LogP contribution in [0.25, 0.3) is 0 Å². The molecule has 1 aliphatic carbocycles. The molecule has 0 saturated heterocycles. The molecule has 2 atom stereocenters. The zero-order chi connectivity index (χ0) is 11.8. The normalized spacial score (nSPS) is 22.5. The molecule has 17 heavy (non-hydrogen) atoms. The van der Waals surface area contributed by atoms with Gasteiger partial charge in [0.15, 0.2) is 0 Å². The third kappa shape index (κ3) is 1.96. The van der Waals surface area contributed by atoms with E-state index in [2.05, 4.69) is 30.3 Å². The first kappa shape index (κ1) is 11.1. The predicted octanol–water partition coefficient (Wildman–Crippen LogP) is 5.16. The molecule has 3 rings (SSSR count). The Morgan fingerprint density at radius 1 is 0.941 bits per heavy atom. The summed E-state index contributed by atoms with van der Waals surface area (Å²) in [5, 5.41) is 0.844. The molecule has 0 bridgehead atoms. The highest BCUT2D eigenvalue weighted by molar-refractivity contribution is 6.31. The molecule has 1 unspecified atom stereocenters. The van der Waals surface area contributed by atoms with Crippen molar-refractivity contribution in [3.8, 4) is 0 Å². The van der Waals surface area contributed by atoms with E-state index in [1.807, 2.05) is 18.2 Å². The predicted molar refractivity (Wildman–Crippen MR) is 72.9 cm³/mol. The maximum atomic E-state index is 6.40. The molecule has 0 nitrogen and oxygen atoms in total. The Bertz CT molecular complexity index is 534. The molecule has 0 radical (unpaired) electrons. The average molecular weight is 263 g/mol. The summed E-state index contributed by atoms with van der Waals surface area (Å²) < 4.78 is 0. The molecule has 0 aliphatic heterocycles. The maximum Gasteiger partial charge on any atom is 0.0597 e. The molecule has 0 N–H and O–H groups in total. The lowest BCUT2D eigenvalue weighted by Crippen LogP contribution is -1.95. The molecule has 2 heteroatoms. The zero-order valence-electron chi connectivity index (χ0n) is 9.24. The van der Waals surface area contributed by atoms with Crippen LogP contribution in [-0.2, 0) is 0 Å². The van der Waals surface area contributed by atoms with Crippen LogP contribution in [0.4, 0.5) is 0 Å². The van der Waals surface area contributed by atoms with Crippen LogP contribution in [0, 0.1) is 0 Å². The fourth-order valence-corrected chi connectivity index (χ4v) is 3.14. The van der Waals surface area contributed by atoms with Gasteiger partial charge in [0.2, 0.25) is 0 Å². The second kappa shape index (κ2) is 4.36. The van der Waals surface area contributed by atoms with E-state index in [1.165, 1.54) is 16.7 Å². The number of fused-ring (bicyclic) bond motifs is 1. The van der Waals surface area contributed by atoms with E-state index in [4.69, 9.17) is 23.2 Å². The Morgan fingerprint density at radius 3 is 2.47 bits per heavy atom. The van der Waals surface area contributed by atoms with Crippen LogP contribution < -0.4 is 0 Å². The monoisotopic (exact) mass is 262 g/mol. The molecule has 0 fully saturated rings. The van der Waals surface area contributed by atoms with E-state index >= 15 is 0 Å². The number of alkyl halides is 1. The molecule has 2 aromatic carbocycles. The Hall–Kier alpha value is -0.980. The Balaban J connectivity index is 2.08. The Kier molecular flexibility index (Phi) is 2.85. The third-order valence-electron chi connectivity index (χ3n) is 3.41. The van der Waals surface area contributed by atoms with Crippen LogP contribution in [0.3, 0.4) is 0 Å². The molecule has 2 aromatic rings. The zero-order valence-corrected chi connectivity index (χ0v) is 10.7. The van der Waals surface area contributed by atoms with E-state index in [9.17, 15) is 0 Å². The van der Waals surface area contributed by atoms with Crippen molar-refractivity contribution >= 4 is 23.2 Å². The topological polar surface area (TPSA) is 0 Å². The first-order valence-electron chi connectivity index (χ1n) is 5.74. The van der Waals surface area contributed by atoms with Gasteiger partial charge < -0.3 is 0 Å². The largest absolute Gasteiger partial charge is 0.118 e. The number of benzene rings is 2. The molecule has 86 valence electrons. The van der Waals surface area contributed by atoms with E-state index in [0.29, 0.717) is 5.92 Å². The smallest absolute Gasteiger partial charge is 0.0597 e. The highest BCUT2D eigenvalue weighted by Gasteiger charge is 2.30. The lowest BCUT2D eigenvalue weighted by molar-refractivity contribution is 0.771. The number of rotatable bonds is 1. The summed E-state index contributed by atoms with van der Waals surface area (Å²) in [5.74, 6) is 0.408. The van der Waals surface area contributed by atoms with E-state index in [-0.39, 0.29) is 5.38 Å². The lowest BCUT2D eigenvalue weighted by atomic mass is 9.93. The molecular formula is C15H12Cl2.